The van der Waals surface area contributed by atoms with Crippen molar-refractivity contribution in [2.24, 2.45) is 0 Å². The smallest absolute Gasteiger partial charge is 0.266 e. The Labute approximate surface area is 151 Å². The molecule has 0 radical (unpaired) electrons. The number of carbonyl (C=O) groups is 1. The molecule has 0 unspecified atom stereocenters. The van der Waals surface area contributed by atoms with Gasteiger partial charge in [0, 0.05) is 4.47 Å². The first-order valence-corrected chi connectivity index (χ1v) is 8.49. The molecule has 1 N–H and O–H groups in total. The molecule has 0 aliphatic heterocycles. The molecule has 0 heterocycles. The third kappa shape index (κ3) is 4.56. The first-order chi connectivity index (χ1) is 11.4. The van der Waals surface area contributed by atoms with Gasteiger partial charge >= 0.3 is 0 Å². The fraction of sp³-hybridized carbons (Fsp3) is 0.200. The van der Waals surface area contributed by atoms with Gasteiger partial charge in [-0.1, -0.05) is 44.2 Å². The predicted molar refractivity (Wildman–Crippen MR) is 102 cm³/mol. The summed E-state index contributed by atoms with van der Waals surface area (Å²) in [5.74, 6) is 0.0237. The standard InChI is InChI=1S/C20H19BrN2O/c1-13(2)16-7-5-15(6-8-16)11-17(12-22)20(24)23-19-9-4-14(3)10-18(19)21/h4-11,13H,1-3H3,(H,23,24). The summed E-state index contributed by atoms with van der Waals surface area (Å²) < 4.78 is 0.787. The van der Waals surface area contributed by atoms with Crippen LogP contribution < -0.4 is 5.32 Å². The van der Waals surface area contributed by atoms with E-state index in [9.17, 15) is 10.1 Å². The minimum absolute atomic E-state index is 0.0692. The maximum atomic E-state index is 12.3. The lowest BCUT2D eigenvalue weighted by molar-refractivity contribution is -0.112. The molecule has 0 aromatic heterocycles. The van der Waals surface area contributed by atoms with Gasteiger partial charge in [0.25, 0.3) is 5.91 Å². The van der Waals surface area contributed by atoms with Crippen LogP contribution in [0.25, 0.3) is 6.08 Å². The average Bonchev–Trinajstić information content (AvgIpc) is 2.55. The van der Waals surface area contributed by atoms with Crippen LogP contribution in [-0.2, 0) is 4.79 Å². The Morgan fingerprint density at radius 1 is 1.21 bits per heavy atom. The molecule has 24 heavy (non-hydrogen) atoms. The molecular formula is C20H19BrN2O. The third-order valence-corrected chi connectivity index (χ3v) is 4.31. The van der Waals surface area contributed by atoms with Crippen molar-refractivity contribution >= 4 is 33.6 Å². The Morgan fingerprint density at radius 3 is 2.42 bits per heavy atom. The number of anilines is 1. The van der Waals surface area contributed by atoms with Crippen LogP contribution >= 0.6 is 15.9 Å². The van der Waals surface area contributed by atoms with Gasteiger partial charge < -0.3 is 5.32 Å². The van der Waals surface area contributed by atoms with E-state index in [1.54, 1.807) is 6.08 Å². The lowest BCUT2D eigenvalue weighted by atomic mass is 10.0. The second-order valence-corrected chi connectivity index (χ2v) is 6.78. The molecule has 122 valence electrons. The molecule has 0 saturated heterocycles. The molecule has 1 amide bonds. The summed E-state index contributed by atoms with van der Waals surface area (Å²) >= 11 is 3.42. The number of aryl methyl sites for hydroxylation is 1. The topological polar surface area (TPSA) is 52.9 Å². The zero-order chi connectivity index (χ0) is 17.7. The molecule has 2 aromatic carbocycles. The quantitative estimate of drug-likeness (QED) is 0.566. The van der Waals surface area contributed by atoms with Crippen molar-refractivity contribution in [2.75, 3.05) is 5.32 Å². The summed E-state index contributed by atoms with van der Waals surface area (Å²) in [7, 11) is 0. The molecular weight excluding hydrogens is 364 g/mol. The molecule has 0 saturated carbocycles. The lowest BCUT2D eigenvalue weighted by Crippen LogP contribution is -2.13. The minimum Gasteiger partial charge on any atom is -0.320 e. The van der Waals surface area contributed by atoms with Crippen molar-refractivity contribution in [3.8, 4) is 6.07 Å². The normalized spacial score (nSPS) is 11.2. The first-order valence-electron chi connectivity index (χ1n) is 7.70. The lowest BCUT2D eigenvalue weighted by Gasteiger charge is -2.08. The monoisotopic (exact) mass is 382 g/mol. The molecule has 3 nitrogen and oxygen atoms in total. The Hall–Kier alpha value is -2.38. The largest absolute Gasteiger partial charge is 0.320 e. The van der Waals surface area contributed by atoms with Gasteiger partial charge in [-0.3, -0.25) is 4.79 Å². The van der Waals surface area contributed by atoms with Crippen molar-refractivity contribution in [1.82, 2.24) is 0 Å². The van der Waals surface area contributed by atoms with Crippen LogP contribution in [0.1, 0.15) is 36.5 Å². The summed E-state index contributed by atoms with van der Waals surface area (Å²) in [6.07, 6.45) is 1.60. The summed E-state index contributed by atoms with van der Waals surface area (Å²) in [5, 5.41) is 12.1. The molecule has 0 aliphatic carbocycles. The summed E-state index contributed by atoms with van der Waals surface area (Å²) in [4.78, 5) is 12.3. The summed E-state index contributed by atoms with van der Waals surface area (Å²) in [5.41, 5.74) is 3.84. The van der Waals surface area contributed by atoms with Crippen LogP contribution in [0.2, 0.25) is 0 Å². The van der Waals surface area contributed by atoms with E-state index in [1.165, 1.54) is 5.56 Å². The molecule has 4 heteroatoms. The highest BCUT2D eigenvalue weighted by atomic mass is 79.9. The Balaban J connectivity index is 2.20. The molecule has 0 aliphatic rings. The van der Waals surface area contributed by atoms with Crippen molar-refractivity contribution in [1.29, 1.82) is 5.26 Å². The average molecular weight is 383 g/mol. The van der Waals surface area contributed by atoms with Crippen LogP contribution in [-0.4, -0.2) is 5.91 Å². The SMILES string of the molecule is Cc1ccc(NC(=O)C(C#N)=Cc2ccc(C(C)C)cc2)c(Br)c1. The number of halogens is 1. The molecule has 0 atom stereocenters. The second kappa shape index (κ2) is 7.94. The highest BCUT2D eigenvalue weighted by Crippen LogP contribution is 2.24. The van der Waals surface area contributed by atoms with Crippen LogP contribution in [0.15, 0.2) is 52.5 Å². The van der Waals surface area contributed by atoms with E-state index >= 15 is 0 Å². The highest BCUT2D eigenvalue weighted by Gasteiger charge is 2.11. The number of amides is 1. The van der Waals surface area contributed by atoms with Gasteiger partial charge in [0.15, 0.2) is 0 Å². The second-order valence-electron chi connectivity index (χ2n) is 5.93. The van der Waals surface area contributed by atoms with Crippen LogP contribution in [0.5, 0.6) is 0 Å². The van der Waals surface area contributed by atoms with E-state index in [0.29, 0.717) is 11.6 Å². The van der Waals surface area contributed by atoms with Crippen LogP contribution in [0.3, 0.4) is 0 Å². The van der Waals surface area contributed by atoms with Gasteiger partial charge in [-0.05, 0) is 63.7 Å². The van der Waals surface area contributed by atoms with Crippen molar-refractivity contribution in [2.45, 2.75) is 26.7 Å². The van der Waals surface area contributed by atoms with Crippen LogP contribution in [0.4, 0.5) is 5.69 Å². The number of nitrogens with zero attached hydrogens (tertiary/aromatic N) is 1. The number of rotatable bonds is 4. The van der Waals surface area contributed by atoms with E-state index in [0.717, 1.165) is 15.6 Å². The highest BCUT2D eigenvalue weighted by molar-refractivity contribution is 9.10. The van der Waals surface area contributed by atoms with Gasteiger partial charge in [0.05, 0.1) is 5.69 Å². The van der Waals surface area contributed by atoms with Gasteiger partial charge in [-0.25, -0.2) is 0 Å². The van der Waals surface area contributed by atoms with Crippen LogP contribution in [0, 0.1) is 18.3 Å². The molecule has 0 bridgehead atoms. The molecule has 0 fully saturated rings. The maximum absolute atomic E-state index is 12.3. The van der Waals surface area contributed by atoms with Crippen molar-refractivity contribution < 1.29 is 4.79 Å². The predicted octanol–water partition coefficient (Wildman–Crippen LogP) is 5.43. The van der Waals surface area contributed by atoms with Gasteiger partial charge in [-0.15, -0.1) is 0 Å². The van der Waals surface area contributed by atoms with Gasteiger partial charge in [0.2, 0.25) is 0 Å². The molecule has 2 aromatic rings. The Bertz CT molecular complexity index is 815. The first kappa shape index (κ1) is 18.0. The number of hydrogen-bond acceptors (Lipinski definition) is 2. The van der Waals surface area contributed by atoms with Gasteiger partial charge in [0.1, 0.15) is 11.6 Å². The Kier molecular flexibility index (Phi) is 5.94. The zero-order valence-corrected chi connectivity index (χ0v) is 15.5. The van der Waals surface area contributed by atoms with Gasteiger partial charge in [-0.2, -0.15) is 5.26 Å². The third-order valence-electron chi connectivity index (χ3n) is 3.65. The Morgan fingerprint density at radius 2 is 1.88 bits per heavy atom. The van der Waals surface area contributed by atoms with E-state index in [4.69, 9.17) is 0 Å². The molecule has 2 rings (SSSR count). The number of hydrogen-bond donors (Lipinski definition) is 1. The zero-order valence-electron chi connectivity index (χ0n) is 13.9. The van der Waals surface area contributed by atoms with Crippen molar-refractivity contribution in [3.05, 3.63) is 69.2 Å². The summed E-state index contributed by atoms with van der Waals surface area (Å²) in [6, 6.07) is 15.5. The maximum Gasteiger partial charge on any atom is 0.266 e. The number of nitriles is 1. The number of nitrogens with one attached hydrogen (secondary N) is 1. The van der Waals surface area contributed by atoms with E-state index in [2.05, 4.69) is 35.1 Å². The fourth-order valence-corrected chi connectivity index (χ4v) is 2.80. The number of benzene rings is 2. The van der Waals surface area contributed by atoms with Crippen molar-refractivity contribution in [3.63, 3.8) is 0 Å². The van der Waals surface area contributed by atoms with E-state index in [1.807, 2.05) is 55.5 Å². The summed E-state index contributed by atoms with van der Waals surface area (Å²) in [6.45, 7) is 6.22. The minimum atomic E-state index is -0.421. The van der Waals surface area contributed by atoms with E-state index < -0.39 is 5.91 Å². The van der Waals surface area contributed by atoms with E-state index in [-0.39, 0.29) is 5.57 Å². The number of carbonyl (C=O) groups excluding carboxylic acids is 1. The molecule has 0 spiro atoms. The fourth-order valence-electron chi connectivity index (χ4n) is 2.20.